The quantitative estimate of drug-likeness (QED) is 0.271. The van der Waals surface area contributed by atoms with Gasteiger partial charge in [-0.05, 0) is 54.0 Å². The van der Waals surface area contributed by atoms with Gasteiger partial charge < -0.3 is 14.2 Å². The molecule has 0 saturated heterocycles. The van der Waals surface area contributed by atoms with Crippen molar-refractivity contribution in [3.63, 3.8) is 0 Å². The summed E-state index contributed by atoms with van der Waals surface area (Å²) in [6.07, 6.45) is 1.86. The van der Waals surface area contributed by atoms with Gasteiger partial charge in [0.05, 0.1) is 35.6 Å². The highest BCUT2D eigenvalue weighted by atomic mass is 32.1. The van der Waals surface area contributed by atoms with Gasteiger partial charge in [-0.15, -0.1) is 0 Å². The summed E-state index contributed by atoms with van der Waals surface area (Å²) in [7, 11) is 1.45. The van der Waals surface area contributed by atoms with Crippen LogP contribution in [0.25, 0.3) is 16.8 Å². The monoisotopic (exact) mass is 542 g/mol. The Labute approximate surface area is 228 Å². The fraction of sp³-hybridized carbons (Fsp3) is 0.200. The minimum atomic E-state index is -0.824. The average Bonchev–Trinajstić information content (AvgIpc) is 3.22. The molecule has 8 nitrogen and oxygen atoms in total. The van der Waals surface area contributed by atoms with E-state index in [0.29, 0.717) is 26.3 Å². The summed E-state index contributed by atoms with van der Waals surface area (Å²) in [6.45, 7) is 4.92. The Bertz CT molecular complexity index is 1830. The highest BCUT2D eigenvalue weighted by Crippen LogP contribution is 2.36. The molecule has 0 saturated carbocycles. The minimum Gasteiger partial charge on any atom is -0.493 e. The molecule has 4 aromatic rings. The Balaban J connectivity index is 1.74. The number of rotatable bonds is 6. The van der Waals surface area contributed by atoms with E-state index in [1.54, 1.807) is 32.0 Å². The van der Waals surface area contributed by atoms with E-state index in [1.165, 1.54) is 29.9 Å². The molecular weight excluding hydrogens is 516 g/mol. The number of hydrogen-bond acceptors (Lipinski definition) is 8. The zero-order valence-corrected chi connectivity index (χ0v) is 22.7. The van der Waals surface area contributed by atoms with Crippen LogP contribution in [0.5, 0.6) is 11.5 Å². The van der Waals surface area contributed by atoms with Gasteiger partial charge in [0, 0.05) is 6.92 Å². The largest absolute Gasteiger partial charge is 0.493 e. The molecule has 3 aromatic carbocycles. The number of thiazole rings is 1. The number of carbonyl (C=O) groups is 2. The molecule has 1 aromatic heterocycles. The Hall–Kier alpha value is -4.50. The van der Waals surface area contributed by atoms with Crippen molar-refractivity contribution < 1.29 is 23.8 Å². The fourth-order valence-electron chi connectivity index (χ4n) is 4.72. The van der Waals surface area contributed by atoms with Crippen LogP contribution in [-0.4, -0.2) is 30.2 Å². The lowest BCUT2D eigenvalue weighted by Crippen LogP contribution is -2.40. The summed E-state index contributed by atoms with van der Waals surface area (Å²) >= 11 is 1.26. The molecule has 198 valence electrons. The third kappa shape index (κ3) is 4.88. The second kappa shape index (κ2) is 10.7. The van der Waals surface area contributed by atoms with Gasteiger partial charge in [-0.1, -0.05) is 59.9 Å². The lowest BCUT2D eigenvalue weighted by Gasteiger charge is -2.25. The van der Waals surface area contributed by atoms with Crippen LogP contribution >= 0.6 is 11.3 Å². The summed E-state index contributed by atoms with van der Waals surface area (Å²) in [6, 6.07) is 18.0. The van der Waals surface area contributed by atoms with Gasteiger partial charge in [-0.2, -0.15) is 0 Å². The number of esters is 2. The van der Waals surface area contributed by atoms with E-state index >= 15 is 0 Å². The van der Waals surface area contributed by atoms with Crippen molar-refractivity contribution in [2.45, 2.75) is 26.8 Å². The molecule has 0 radical (unpaired) electrons. The number of fused-ring (bicyclic) bond motifs is 2. The van der Waals surface area contributed by atoms with Crippen molar-refractivity contribution in [1.82, 2.24) is 4.57 Å². The van der Waals surface area contributed by atoms with Crippen molar-refractivity contribution in [1.29, 1.82) is 0 Å². The molecule has 1 aliphatic heterocycles. The number of aromatic nitrogens is 1. The maximum Gasteiger partial charge on any atom is 0.338 e. The molecule has 0 fully saturated rings. The van der Waals surface area contributed by atoms with E-state index in [4.69, 9.17) is 14.2 Å². The third-order valence-corrected chi connectivity index (χ3v) is 7.37. The van der Waals surface area contributed by atoms with E-state index < -0.39 is 18.0 Å². The number of benzene rings is 3. The molecule has 39 heavy (non-hydrogen) atoms. The molecule has 0 bridgehead atoms. The van der Waals surface area contributed by atoms with Gasteiger partial charge in [0.15, 0.2) is 16.3 Å². The van der Waals surface area contributed by atoms with E-state index in [-0.39, 0.29) is 23.5 Å². The number of methoxy groups -OCH3 is 1. The fourth-order valence-corrected chi connectivity index (χ4v) is 5.76. The smallest absolute Gasteiger partial charge is 0.338 e. The number of nitrogens with zero attached hydrogens (tertiary/aromatic N) is 2. The van der Waals surface area contributed by atoms with Crippen LogP contribution in [0.2, 0.25) is 0 Å². The molecule has 0 N–H and O–H groups in total. The molecule has 0 amide bonds. The maximum atomic E-state index is 13.9. The minimum absolute atomic E-state index is 0.169. The van der Waals surface area contributed by atoms with Crippen LogP contribution in [0.1, 0.15) is 37.9 Å². The zero-order chi connectivity index (χ0) is 27.7. The third-order valence-electron chi connectivity index (χ3n) is 6.38. The molecule has 2 heterocycles. The van der Waals surface area contributed by atoms with Crippen LogP contribution in [-0.2, 0) is 14.3 Å². The molecule has 9 heteroatoms. The second-order valence-corrected chi connectivity index (χ2v) is 9.88. The molecule has 0 unspecified atom stereocenters. The summed E-state index contributed by atoms with van der Waals surface area (Å²) < 4.78 is 18.1. The van der Waals surface area contributed by atoms with E-state index in [0.717, 1.165) is 16.3 Å². The SMILES string of the molecule is CCOC(=O)C1=C(C)N=c2s/c(=C/c3cccc4ccccc34)c(=O)n2[C@@H]1c1ccc(OC(C)=O)c(OC)c1. The van der Waals surface area contributed by atoms with Crippen molar-refractivity contribution in [2.75, 3.05) is 13.7 Å². The van der Waals surface area contributed by atoms with Crippen molar-refractivity contribution in [3.05, 3.63) is 103 Å². The van der Waals surface area contributed by atoms with Crippen LogP contribution in [0.3, 0.4) is 0 Å². The Morgan fingerprint density at radius 2 is 1.85 bits per heavy atom. The van der Waals surface area contributed by atoms with E-state index in [1.807, 2.05) is 48.5 Å². The predicted molar refractivity (Wildman–Crippen MR) is 149 cm³/mol. The average molecular weight is 543 g/mol. The maximum absolute atomic E-state index is 13.9. The lowest BCUT2D eigenvalue weighted by atomic mass is 9.95. The standard InChI is InChI=1S/C30H26N2O6S/c1-5-37-29(35)26-17(2)31-30-32(27(26)21-13-14-23(38-18(3)33)24(15-21)36-4)28(34)25(39-30)16-20-11-8-10-19-9-6-7-12-22(19)20/h6-16,27H,5H2,1-4H3/b25-16+/t27-/m1/s1. The van der Waals surface area contributed by atoms with Crippen molar-refractivity contribution in [2.24, 2.45) is 4.99 Å². The van der Waals surface area contributed by atoms with Crippen LogP contribution in [0.4, 0.5) is 0 Å². The summed E-state index contributed by atoms with van der Waals surface area (Å²) in [5.74, 6) is -0.533. The second-order valence-electron chi connectivity index (χ2n) is 8.87. The topological polar surface area (TPSA) is 96.2 Å². The van der Waals surface area contributed by atoms with Gasteiger partial charge >= 0.3 is 11.9 Å². The first kappa shape index (κ1) is 26.1. The van der Waals surface area contributed by atoms with Gasteiger partial charge in [-0.3, -0.25) is 14.2 Å². The van der Waals surface area contributed by atoms with Gasteiger partial charge in [0.2, 0.25) is 0 Å². The first-order valence-corrected chi connectivity index (χ1v) is 13.2. The van der Waals surface area contributed by atoms with E-state index in [9.17, 15) is 14.4 Å². The zero-order valence-electron chi connectivity index (χ0n) is 21.9. The van der Waals surface area contributed by atoms with Crippen LogP contribution in [0, 0.1) is 0 Å². The molecular formula is C30H26N2O6S. The summed E-state index contributed by atoms with van der Waals surface area (Å²) in [4.78, 5) is 43.8. The number of ether oxygens (including phenoxy) is 3. The summed E-state index contributed by atoms with van der Waals surface area (Å²) in [5.41, 5.74) is 1.92. The van der Waals surface area contributed by atoms with Crippen molar-refractivity contribution >= 4 is 40.1 Å². The Morgan fingerprint density at radius 1 is 1.08 bits per heavy atom. The van der Waals surface area contributed by atoms with Gasteiger partial charge in [0.25, 0.3) is 5.56 Å². The molecule has 1 atom stereocenters. The van der Waals surface area contributed by atoms with Crippen molar-refractivity contribution in [3.8, 4) is 11.5 Å². The van der Waals surface area contributed by atoms with Crippen LogP contribution in [0.15, 0.2) is 81.7 Å². The number of hydrogen-bond donors (Lipinski definition) is 0. The number of carbonyl (C=O) groups excluding carboxylic acids is 2. The highest BCUT2D eigenvalue weighted by Gasteiger charge is 2.34. The van der Waals surface area contributed by atoms with Gasteiger partial charge in [0.1, 0.15) is 0 Å². The molecule has 5 rings (SSSR count). The van der Waals surface area contributed by atoms with Crippen LogP contribution < -0.4 is 24.4 Å². The van der Waals surface area contributed by atoms with Gasteiger partial charge in [-0.25, -0.2) is 9.79 Å². The Kier molecular flexibility index (Phi) is 7.17. The predicted octanol–water partition coefficient (Wildman–Crippen LogP) is 3.89. The molecule has 0 spiro atoms. The number of allylic oxidation sites excluding steroid dienone is 1. The summed E-state index contributed by atoms with van der Waals surface area (Å²) in [5, 5.41) is 2.09. The van der Waals surface area contributed by atoms with E-state index in [2.05, 4.69) is 4.99 Å². The lowest BCUT2D eigenvalue weighted by molar-refractivity contribution is -0.139. The molecule has 0 aliphatic carbocycles. The highest BCUT2D eigenvalue weighted by molar-refractivity contribution is 7.07. The molecule has 1 aliphatic rings. The Morgan fingerprint density at radius 3 is 2.59 bits per heavy atom. The first-order valence-electron chi connectivity index (χ1n) is 12.4. The normalized spacial score (nSPS) is 15.1. The first-order chi connectivity index (χ1) is 18.8.